The molecule has 2 unspecified atom stereocenters. The quantitative estimate of drug-likeness (QED) is 0.737. The first-order valence-corrected chi connectivity index (χ1v) is 6.45. The zero-order valence-electron chi connectivity index (χ0n) is 10.3. The van der Waals surface area contributed by atoms with Crippen molar-refractivity contribution in [3.05, 3.63) is 35.9 Å². The first kappa shape index (κ1) is 12.6. The van der Waals surface area contributed by atoms with Gasteiger partial charge < -0.3 is 15.8 Å². The SMILES string of the molecule is NC(CCNCC1CCOC1)c1ccccc1. The molecule has 2 atom stereocenters. The van der Waals surface area contributed by atoms with Crippen molar-refractivity contribution in [2.45, 2.75) is 18.9 Å². The van der Waals surface area contributed by atoms with E-state index in [9.17, 15) is 0 Å². The Bertz CT molecular complexity index is 309. The lowest BCUT2D eigenvalue weighted by molar-refractivity contribution is 0.185. The topological polar surface area (TPSA) is 47.3 Å². The lowest BCUT2D eigenvalue weighted by Crippen LogP contribution is -2.26. The third kappa shape index (κ3) is 4.11. The summed E-state index contributed by atoms with van der Waals surface area (Å²) in [5.41, 5.74) is 7.35. The smallest absolute Gasteiger partial charge is 0.0507 e. The predicted octanol–water partition coefficient (Wildman–Crippen LogP) is 1.70. The minimum Gasteiger partial charge on any atom is -0.381 e. The van der Waals surface area contributed by atoms with Crippen LogP contribution in [-0.2, 0) is 4.74 Å². The number of rotatable bonds is 6. The standard InChI is InChI=1S/C14H22N2O/c15-14(13-4-2-1-3-5-13)6-8-16-10-12-7-9-17-11-12/h1-5,12,14,16H,6-11,15H2. The third-order valence-electron chi connectivity index (χ3n) is 3.32. The molecular weight excluding hydrogens is 212 g/mol. The number of nitrogens with one attached hydrogen (secondary N) is 1. The van der Waals surface area contributed by atoms with Crippen LogP contribution in [0.2, 0.25) is 0 Å². The van der Waals surface area contributed by atoms with E-state index in [0.29, 0.717) is 5.92 Å². The molecule has 1 aromatic carbocycles. The number of ether oxygens (including phenoxy) is 1. The molecule has 3 heteroatoms. The van der Waals surface area contributed by atoms with E-state index in [2.05, 4.69) is 17.4 Å². The molecule has 2 rings (SSSR count). The highest BCUT2D eigenvalue weighted by molar-refractivity contribution is 5.18. The summed E-state index contributed by atoms with van der Waals surface area (Å²) >= 11 is 0. The summed E-state index contributed by atoms with van der Waals surface area (Å²) in [5.74, 6) is 0.697. The van der Waals surface area contributed by atoms with Crippen LogP contribution in [0.15, 0.2) is 30.3 Å². The Hall–Kier alpha value is -0.900. The van der Waals surface area contributed by atoms with E-state index < -0.39 is 0 Å². The molecular formula is C14H22N2O. The zero-order chi connectivity index (χ0) is 11.9. The van der Waals surface area contributed by atoms with Crippen molar-refractivity contribution in [3.8, 4) is 0 Å². The van der Waals surface area contributed by atoms with Gasteiger partial charge in [0, 0.05) is 19.2 Å². The van der Waals surface area contributed by atoms with E-state index in [-0.39, 0.29) is 6.04 Å². The van der Waals surface area contributed by atoms with Crippen LogP contribution >= 0.6 is 0 Å². The molecule has 0 radical (unpaired) electrons. The fraction of sp³-hybridized carbons (Fsp3) is 0.571. The van der Waals surface area contributed by atoms with Crippen molar-refractivity contribution in [1.82, 2.24) is 5.32 Å². The van der Waals surface area contributed by atoms with Gasteiger partial charge in [0.1, 0.15) is 0 Å². The average molecular weight is 234 g/mol. The Morgan fingerprint density at radius 3 is 2.88 bits per heavy atom. The molecule has 0 aromatic heterocycles. The third-order valence-corrected chi connectivity index (χ3v) is 3.32. The molecule has 0 bridgehead atoms. The van der Waals surface area contributed by atoms with E-state index in [1.165, 1.54) is 12.0 Å². The number of nitrogens with two attached hydrogens (primary N) is 1. The first-order valence-electron chi connectivity index (χ1n) is 6.45. The van der Waals surface area contributed by atoms with Crippen LogP contribution in [-0.4, -0.2) is 26.3 Å². The summed E-state index contributed by atoms with van der Waals surface area (Å²) in [6.07, 6.45) is 2.18. The fourth-order valence-corrected chi connectivity index (χ4v) is 2.17. The summed E-state index contributed by atoms with van der Waals surface area (Å²) in [6, 6.07) is 10.4. The normalized spacial score (nSPS) is 21.6. The van der Waals surface area contributed by atoms with Crippen LogP contribution in [0, 0.1) is 5.92 Å². The molecule has 0 amide bonds. The highest BCUT2D eigenvalue weighted by Crippen LogP contribution is 2.13. The summed E-state index contributed by atoms with van der Waals surface area (Å²) in [5, 5.41) is 3.47. The summed E-state index contributed by atoms with van der Waals surface area (Å²) < 4.78 is 5.34. The van der Waals surface area contributed by atoms with Crippen LogP contribution in [0.3, 0.4) is 0 Å². The average Bonchev–Trinajstić information content (AvgIpc) is 2.88. The van der Waals surface area contributed by atoms with Gasteiger partial charge in [-0.1, -0.05) is 30.3 Å². The molecule has 1 heterocycles. The summed E-state index contributed by atoms with van der Waals surface area (Å²) in [4.78, 5) is 0. The summed E-state index contributed by atoms with van der Waals surface area (Å²) in [6.45, 7) is 3.88. The Morgan fingerprint density at radius 2 is 2.18 bits per heavy atom. The van der Waals surface area contributed by atoms with Gasteiger partial charge in [-0.2, -0.15) is 0 Å². The van der Waals surface area contributed by atoms with Gasteiger partial charge in [-0.15, -0.1) is 0 Å². The van der Waals surface area contributed by atoms with Gasteiger partial charge in [-0.25, -0.2) is 0 Å². The molecule has 94 valence electrons. The van der Waals surface area contributed by atoms with Crippen molar-refractivity contribution in [3.63, 3.8) is 0 Å². The molecule has 0 spiro atoms. The minimum absolute atomic E-state index is 0.142. The van der Waals surface area contributed by atoms with E-state index in [4.69, 9.17) is 10.5 Å². The van der Waals surface area contributed by atoms with Crippen LogP contribution < -0.4 is 11.1 Å². The Balaban J connectivity index is 1.61. The van der Waals surface area contributed by atoms with Gasteiger partial charge in [0.05, 0.1) is 6.61 Å². The van der Waals surface area contributed by atoms with Crippen molar-refractivity contribution < 1.29 is 4.74 Å². The van der Waals surface area contributed by atoms with Gasteiger partial charge in [0.25, 0.3) is 0 Å². The molecule has 0 saturated carbocycles. The van der Waals surface area contributed by atoms with E-state index in [1.807, 2.05) is 18.2 Å². The summed E-state index contributed by atoms with van der Waals surface area (Å²) in [7, 11) is 0. The van der Waals surface area contributed by atoms with Crippen LogP contribution in [0.25, 0.3) is 0 Å². The molecule has 1 saturated heterocycles. The molecule has 1 aliphatic rings. The second-order valence-electron chi connectivity index (χ2n) is 4.74. The van der Waals surface area contributed by atoms with Gasteiger partial charge >= 0.3 is 0 Å². The van der Waals surface area contributed by atoms with Crippen LogP contribution in [0.5, 0.6) is 0 Å². The second-order valence-corrected chi connectivity index (χ2v) is 4.74. The Morgan fingerprint density at radius 1 is 1.35 bits per heavy atom. The maximum atomic E-state index is 6.12. The van der Waals surface area contributed by atoms with Gasteiger partial charge in [-0.3, -0.25) is 0 Å². The number of hydrogen-bond acceptors (Lipinski definition) is 3. The lowest BCUT2D eigenvalue weighted by Gasteiger charge is -2.14. The monoisotopic (exact) mass is 234 g/mol. The molecule has 1 aliphatic heterocycles. The highest BCUT2D eigenvalue weighted by atomic mass is 16.5. The Kier molecular flexibility index (Phi) is 4.98. The molecule has 1 aromatic rings. The fourth-order valence-electron chi connectivity index (χ4n) is 2.17. The number of benzene rings is 1. The van der Waals surface area contributed by atoms with Crippen LogP contribution in [0.4, 0.5) is 0 Å². The van der Waals surface area contributed by atoms with Crippen molar-refractivity contribution in [2.75, 3.05) is 26.3 Å². The van der Waals surface area contributed by atoms with Crippen LogP contribution in [0.1, 0.15) is 24.4 Å². The molecule has 3 nitrogen and oxygen atoms in total. The molecule has 1 fully saturated rings. The predicted molar refractivity (Wildman–Crippen MR) is 69.8 cm³/mol. The second kappa shape index (κ2) is 6.74. The highest BCUT2D eigenvalue weighted by Gasteiger charge is 2.14. The zero-order valence-corrected chi connectivity index (χ0v) is 10.3. The van der Waals surface area contributed by atoms with Gasteiger partial charge in [0.15, 0.2) is 0 Å². The number of hydrogen-bond donors (Lipinski definition) is 2. The minimum atomic E-state index is 0.142. The van der Waals surface area contributed by atoms with E-state index in [0.717, 1.165) is 32.7 Å². The van der Waals surface area contributed by atoms with Crippen molar-refractivity contribution >= 4 is 0 Å². The van der Waals surface area contributed by atoms with Gasteiger partial charge in [-0.05, 0) is 30.9 Å². The maximum absolute atomic E-state index is 6.12. The molecule has 17 heavy (non-hydrogen) atoms. The van der Waals surface area contributed by atoms with Gasteiger partial charge in [0.2, 0.25) is 0 Å². The van der Waals surface area contributed by atoms with Crippen molar-refractivity contribution in [1.29, 1.82) is 0 Å². The van der Waals surface area contributed by atoms with E-state index in [1.54, 1.807) is 0 Å². The molecule has 0 aliphatic carbocycles. The largest absolute Gasteiger partial charge is 0.381 e. The molecule has 3 N–H and O–H groups in total. The van der Waals surface area contributed by atoms with E-state index >= 15 is 0 Å². The first-order chi connectivity index (χ1) is 8.36. The maximum Gasteiger partial charge on any atom is 0.0507 e. The Labute approximate surface area is 103 Å². The lowest BCUT2D eigenvalue weighted by atomic mass is 10.0. The van der Waals surface area contributed by atoms with Crippen molar-refractivity contribution in [2.24, 2.45) is 11.7 Å².